The van der Waals surface area contributed by atoms with Gasteiger partial charge in [-0.05, 0) is 53.7 Å². The molecule has 0 saturated heterocycles. The zero-order chi connectivity index (χ0) is 20.4. The Morgan fingerprint density at radius 3 is 1.54 bits per heavy atom. The van der Waals surface area contributed by atoms with Gasteiger partial charge >= 0.3 is 0 Å². The predicted octanol–water partition coefficient (Wildman–Crippen LogP) is 2.50. The first kappa shape index (κ1) is 24.8. The van der Waals surface area contributed by atoms with E-state index in [0.717, 1.165) is 39.7 Å². The van der Waals surface area contributed by atoms with Crippen molar-refractivity contribution in [3.8, 4) is 11.5 Å². The maximum atomic E-state index is 10.6. The molecule has 2 rings (SSSR count). The Bertz CT molecular complexity index is 727. The summed E-state index contributed by atoms with van der Waals surface area (Å²) in [5.74, 6) is 0.560. The fourth-order valence-corrected chi connectivity index (χ4v) is 3.90. The van der Waals surface area contributed by atoms with E-state index in [1.807, 2.05) is 26.0 Å². The van der Waals surface area contributed by atoms with Crippen LogP contribution in [0.25, 0.3) is 0 Å². The standard InChI is InChI=1S/C24H35NO2.HI/c1-16(2)25(7,17(3)4)13-12-20(21-14-18(5)8-10-23(21)26)22-15-19(6)9-11-24(22)27;/h8-11,14-17,20H,12-13H2,1-7H3,(H-,26,27);1H. The summed E-state index contributed by atoms with van der Waals surface area (Å²) in [5, 5.41) is 21.2. The second kappa shape index (κ2) is 9.97. The van der Waals surface area contributed by atoms with E-state index in [0.29, 0.717) is 23.6 Å². The van der Waals surface area contributed by atoms with Crippen LogP contribution in [-0.2, 0) is 0 Å². The van der Waals surface area contributed by atoms with E-state index < -0.39 is 0 Å². The molecular formula is C24H36INO2. The molecule has 0 amide bonds. The van der Waals surface area contributed by atoms with Gasteiger partial charge in [0.1, 0.15) is 11.5 Å². The normalized spacial score (nSPS) is 11.9. The third kappa shape index (κ3) is 5.41. The number of phenolic OH excluding ortho intramolecular Hbond substituents is 2. The number of phenols is 2. The van der Waals surface area contributed by atoms with Crippen LogP contribution in [-0.4, -0.2) is 40.4 Å². The average Bonchev–Trinajstić information content (AvgIpc) is 2.60. The van der Waals surface area contributed by atoms with Gasteiger partial charge in [-0.25, -0.2) is 0 Å². The van der Waals surface area contributed by atoms with Gasteiger partial charge in [0.05, 0.1) is 25.7 Å². The van der Waals surface area contributed by atoms with Crippen LogP contribution >= 0.6 is 0 Å². The number of benzene rings is 2. The van der Waals surface area contributed by atoms with Gasteiger partial charge in [-0.3, -0.25) is 0 Å². The van der Waals surface area contributed by atoms with Crippen LogP contribution < -0.4 is 24.0 Å². The summed E-state index contributed by atoms with van der Waals surface area (Å²) < 4.78 is 0.954. The summed E-state index contributed by atoms with van der Waals surface area (Å²) in [6, 6.07) is 12.5. The summed E-state index contributed by atoms with van der Waals surface area (Å²) in [4.78, 5) is 0. The zero-order valence-electron chi connectivity index (χ0n) is 18.3. The van der Waals surface area contributed by atoms with E-state index >= 15 is 0 Å². The number of aryl methyl sites for hydroxylation is 2. The summed E-state index contributed by atoms with van der Waals surface area (Å²) in [6.07, 6.45) is 0.862. The highest BCUT2D eigenvalue weighted by Crippen LogP contribution is 2.39. The quantitative estimate of drug-likeness (QED) is 0.456. The summed E-state index contributed by atoms with van der Waals surface area (Å²) >= 11 is 0. The molecule has 4 heteroatoms. The number of quaternary nitrogens is 1. The minimum absolute atomic E-state index is 0. The summed E-state index contributed by atoms with van der Waals surface area (Å²) in [5.41, 5.74) is 4.03. The number of nitrogens with zero attached hydrogens (tertiary/aromatic N) is 1. The van der Waals surface area contributed by atoms with E-state index in [-0.39, 0.29) is 29.9 Å². The topological polar surface area (TPSA) is 40.5 Å². The van der Waals surface area contributed by atoms with Crippen LogP contribution in [0, 0.1) is 13.8 Å². The van der Waals surface area contributed by atoms with Crippen LogP contribution in [0.2, 0.25) is 0 Å². The van der Waals surface area contributed by atoms with Crippen molar-refractivity contribution in [2.75, 3.05) is 13.6 Å². The van der Waals surface area contributed by atoms with Crippen molar-refractivity contribution in [2.45, 2.75) is 66.0 Å². The number of halogens is 1. The highest BCUT2D eigenvalue weighted by molar-refractivity contribution is 5.48. The first-order chi connectivity index (χ1) is 12.6. The molecule has 156 valence electrons. The highest BCUT2D eigenvalue weighted by atomic mass is 127. The Balaban J connectivity index is 0.00000392. The number of hydrogen-bond donors (Lipinski definition) is 2. The van der Waals surface area contributed by atoms with Crippen LogP contribution in [0.1, 0.15) is 62.3 Å². The number of aromatic hydroxyl groups is 2. The largest absolute Gasteiger partial charge is 1.00 e. The molecule has 0 heterocycles. The van der Waals surface area contributed by atoms with Gasteiger partial charge < -0.3 is 38.7 Å². The summed E-state index contributed by atoms with van der Waals surface area (Å²) in [7, 11) is 2.30. The lowest BCUT2D eigenvalue weighted by Crippen LogP contribution is -3.00. The maximum absolute atomic E-state index is 10.6. The predicted molar refractivity (Wildman–Crippen MR) is 113 cm³/mol. The fourth-order valence-electron chi connectivity index (χ4n) is 3.90. The van der Waals surface area contributed by atoms with Crippen LogP contribution in [0.3, 0.4) is 0 Å². The molecule has 0 atom stereocenters. The van der Waals surface area contributed by atoms with Crippen molar-refractivity contribution in [3.05, 3.63) is 58.7 Å². The first-order valence-electron chi connectivity index (χ1n) is 10.00. The molecule has 0 aliphatic carbocycles. The van der Waals surface area contributed by atoms with Crippen molar-refractivity contribution >= 4 is 0 Å². The molecule has 0 fully saturated rings. The lowest BCUT2D eigenvalue weighted by molar-refractivity contribution is -0.949. The lowest BCUT2D eigenvalue weighted by Gasteiger charge is -2.43. The average molecular weight is 497 g/mol. The number of hydrogen-bond acceptors (Lipinski definition) is 2. The Labute approximate surface area is 188 Å². The monoisotopic (exact) mass is 497 g/mol. The van der Waals surface area contributed by atoms with Crippen LogP contribution in [0.15, 0.2) is 36.4 Å². The molecule has 0 unspecified atom stereocenters. The lowest BCUT2D eigenvalue weighted by atomic mass is 9.85. The second-order valence-corrected chi connectivity index (χ2v) is 8.72. The van der Waals surface area contributed by atoms with Gasteiger partial charge in [-0.1, -0.05) is 35.4 Å². The SMILES string of the molecule is Cc1ccc(O)c(C(CC[N+](C)(C(C)C)C(C)C)c2cc(C)ccc2O)c1.[I-]. The van der Waals surface area contributed by atoms with Crippen molar-refractivity contribution in [2.24, 2.45) is 0 Å². The van der Waals surface area contributed by atoms with Crippen LogP contribution in [0.5, 0.6) is 11.5 Å². The zero-order valence-corrected chi connectivity index (χ0v) is 20.5. The van der Waals surface area contributed by atoms with Crippen molar-refractivity contribution in [3.63, 3.8) is 0 Å². The third-order valence-electron chi connectivity index (χ3n) is 6.38. The van der Waals surface area contributed by atoms with E-state index in [2.05, 4.69) is 46.9 Å². The molecule has 0 spiro atoms. The van der Waals surface area contributed by atoms with Crippen molar-refractivity contribution in [1.82, 2.24) is 0 Å². The molecule has 0 radical (unpaired) electrons. The molecule has 0 bridgehead atoms. The molecule has 2 N–H and O–H groups in total. The first-order valence-corrected chi connectivity index (χ1v) is 10.00. The molecule has 3 nitrogen and oxygen atoms in total. The van der Waals surface area contributed by atoms with E-state index in [9.17, 15) is 10.2 Å². The van der Waals surface area contributed by atoms with E-state index in [4.69, 9.17) is 0 Å². The maximum Gasteiger partial charge on any atom is 0.119 e. The Hall–Kier alpha value is -1.27. The molecule has 0 aromatic heterocycles. The molecule has 0 aliphatic rings. The minimum atomic E-state index is -0.0419. The van der Waals surface area contributed by atoms with Gasteiger partial charge in [-0.2, -0.15) is 0 Å². The van der Waals surface area contributed by atoms with Gasteiger partial charge in [0.25, 0.3) is 0 Å². The van der Waals surface area contributed by atoms with Crippen LogP contribution in [0.4, 0.5) is 0 Å². The van der Waals surface area contributed by atoms with Gasteiger partial charge in [0.15, 0.2) is 0 Å². The molecule has 0 saturated carbocycles. The summed E-state index contributed by atoms with van der Waals surface area (Å²) in [6.45, 7) is 14.1. The Morgan fingerprint density at radius 1 is 0.786 bits per heavy atom. The van der Waals surface area contributed by atoms with E-state index in [1.165, 1.54) is 0 Å². The Morgan fingerprint density at radius 2 is 1.18 bits per heavy atom. The van der Waals surface area contributed by atoms with Crippen molar-refractivity contribution in [1.29, 1.82) is 0 Å². The fraction of sp³-hybridized carbons (Fsp3) is 0.500. The molecule has 0 aliphatic heterocycles. The highest BCUT2D eigenvalue weighted by Gasteiger charge is 2.32. The number of rotatable bonds is 7. The van der Waals surface area contributed by atoms with E-state index in [1.54, 1.807) is 12.1 Å². The van der Waals surface area contributed by atoms with Gasteiger partial charge in [-0.15, -0.1) is 0 Å². The molecule has 2 aromatic carbocycles. The second-order valence-electron chi connectivity index (χ2n) is 8.72. The van der Waals surface area contributed by atoms with Gasteiger partial charge in [0.2, 0.25) is 0 Å². The van der Waals surface area contributed by atoms with Crippen molar-refractivity contribution < 1.29 is 38.7 Å². The molecular weight excluding hydrogens is 461 g/mol. The smallest absolute Gasteiger partial charge is 0.119 e. The molecule has 28 heavy (non-hydrogen) atoms. The minimum Gasteiger partial charge on any atom is -1.00 e. The Kier molecular flexibility index (Phi) is 8.82. The van der Waals surface area contributed by atoms with Gasteiger partial charge in [0, 0.05) is 23.5 Å². The molecule has 2 aromatic rings. The third-order valence-corrected chi connectivity index (χ3v) is 6.38.